The molecule has 0 aliphatic heterocycles. The number of carboxylic acids is 1. The lowest BCUT2D eigenvalue weighted by Gasteiger charge is -2.40. The van der Waals surface area contributed by atoms with Gasteiger partial charge < -0.3 is 9.59 Å². The summed E-state index contributed by atoms with van der Waals surface area (Å²) in [6, 6.07) is 0. The van der Waals surface area contributed by atoms with E-state index in [0.29, 0.717) is 0 Å². The van der Waals surface area contributed by atoms with Gasteiger partial charge in [-0.2, -0.15) is 61.8 Å². The van der Waals surface area contributed by atoms with Gasteiger partial charge >= 0.3 is 41.8 Å². The number of nitrogens with one attached hydrogen (secondary N) is 1. The van der Waals surface area contributed by atoms with Gasteiger partial charge in [0.2, 0.25) is 10.0 Å². The molecular weight excluding hydrogens is 551 g/mol. The van der Waals surface area contributed by atoms with Crippen LogP contribution in [-0.2, 0) is 14.8 Å². The van der Waals surface area contributed by atoms with Crippen molar-refractivity contribution in [3.8, 4) is 0 Å². The fourth-order valence-electron chi connectivity index (χ4n) is 2.67. The van der Waals surface area contributed by atoms with Crippen LogP contribution in [0.2, 0.25) is 0 Å². The summed E-state index contributed by atoms with van der Waals surface area (Å²) in [4.78, 5) is 10.8. The largest absolute Gasteiger partial charge is 0.477 e. The van der Waals surface area contributed by atoms with Crippen LogP contribution in [0.1, 0.15) is 19.8 Å². The minimum absolute atomic E-state index is 0.233. The minimum Gasteiger partial charge on any atom is -0.477 e. The van der Waals surface area contributed by atoms with Crippen molar-refractivity contribution in [3.05, 3.63) is 0 Å². The van der Waals surface area contributed by atoms with E-state index >= 15 is 0 Å². The molecule has 210 valence electrons. The number of carboxylic acid groups (broad SMARTS) is 1. The molecule has 0 spiro atoms. The van der Waals surface area contributed by atoms with E-state index in [-0.39, 0.29) is 6.42 Å². The zero-order chi connectivity index (χ0) is 28.7. The van der Waals surface area contributed by atoms with Crippen LogP contribution in [0.5, 0.6) is 0 Å². The molecule has 0 fully saturated rings. The average Bonchev–Trinajstić information content (AvgIpc) is 2.62. The average molecular weight is 571 g/mol. The first-order valence-electron chi connectivity index (χ1n) is 9.04. The summed E-state index contributed by atoms with van der Waals surface area (Å²) in [6.45, 7) is 0.505. The van der Waals surface area contributed by atoms with Gasteiger partial charge in [0.05, 0.1) is 19.8 Å². The van der Waals surface area contributed by atoms with Crippen molar-refractivity contribution in [2.75, 3.05) is 26.4 Å². The Kier molecular flexibility index (Phi) is 9.28. The molecule has 0 aromatic carbocycles. The van der Waals surface area contributed by atoms with Gasteiger partial charge in [-0.05, 0) is 0 Å². The third-order valence-electron chi connectivity index (χ3n) is 4.77. The normalized spacial score (nSPS) is 16.3. The Balaban J connectivity index is 5.98. The highest BCUT2D eigenvalue weighted by Gasteiger charge is 2.90. The Hall–Kier alpha value is -1.57. The van der Waals surface area contributed by atoms with E-state index in [4.69, 9.17) is 5.11 Å². The number of alkyl halides is 13. The molecule has 0 radical (unpaired) electrons. The molecule has 0 rings (SSSR count). The number of quaternary nitrogens is 1. The van der Waals surface area contributed by atoms with Gasteiger partial charge in [0, 0.05) is 12.8 Å². The second-order valence-electron chi connectivity index (χ2n) is 7.94. The molecule has 6 nitrogen and oxygen atoms in total. The predicted molar refractivity (Wildman–Crippen MR) is 91.0 cm³/mol. The van der Waals surface area contributed by atoms with Crippen molar-refractivity contribution >= 4 is 16.0 Å². The third kappa shape index (κ3) is 6.41. The number of hydrogen-bond acceptors (Lipinski definition) is 3. The number of rotatable bonds is 13. The molecule has 0 saturated heterocycles. The first-order chi connectivity index (χ1) is 15.0. The van der Waals surface area contributed by atoms with Gasteiger partial charge in [-0.3, -0.25) is 0 Å². The fourth-order valence-corrected chi connectivity index (χ4v) is 4.18. The van der Waals surface area contributed by atoms with Gasteiger partial charge in [0.1, 0.15) is 0 Å². The van der Waals surface area contributed by atoms with Crippen molar-refractivity contribution in [1.82, 2.24) is 4.72 Å². The molecule has 1 atom stereocenters. The maximum atomic E-state index is 13.8. The van der Waals surface area contributed by atoms with Crippen molar-refractivity contribution in [1.29, 1.82) is 0 Å². The maximum absolute atomic E-state index is 13.8. The van der Waals surface area contributed by atoms with E-state index in [1.54, 1.807) is 4.72 Å². The van der Waals surface area contributed by atoms with Gasteiger partial charge in [0.15, 0.2) is 12.7 Å². The van der Waals surface area contributed by atoms with E-state index < -0.39 is 81.1 Å². The number of sulfonamides is 1. The summed E-state index contributed by atoms with van der Waals surface area (Å²) >= 11 is 0. The molecule has 0 aromatic rings. The van der Waals surface area contributed by atoms with E-state index in [1.165, 1.54) is 6.92 Å². The van der Waals surface area contributed by atoms with Crippen molar-refractivity contribution in [2.45, 2.75) is 61.7 Å². The van der Waals surface area contributed by atoms with Crippen LogP contribution >= 0.6 is 0 Å². The fraction of sp³-hybridized carbons (Fsp3) is 0.933. The van der Waals surface area contributed by atoms with Gasteiger partial charge in [-0.1, -0.05) is 6.92 Å². The van der Waals surface area contributed by atoms with E-state index in [0.717, 1.165) is 14.1 Å². The number of carbonyl (C=O) groups is 1. The Morgan fingerprint density at radius 1 is 0.829 bits per heavy atom. The molecule has 35 heavy (non-hydrogen) atoms. The van der Waals surface area contributed by atoms with Crippen LogP contribution in [0.15, 0.2) is 0 Å². The van der Waals surface area contributed by atoms with Crippen LogP contribution < -0.4 is 4.72 Å². The van der Waals surface area contributed by atoms with Gasteiger partial charge in [0.25, 0.3) is 0 Å². The summed E-state index contributed by atoms with van der Waals surface area (Å²) in [5, 5.41) is 8.81. The highest BCUT2D eigenvalue weighted by molar-refractivity contribution is 7.89. The standard InChI is InChI=1S/C15H19F13N2O4S/c1-4-8(30(2,3)7-9(31)32)29-35(33,34)6-5-10(16,17)11(18,19)12(20,21)13(22,23)14(24,25)15(26,27)28/h8,29H,4-7H2,1-3H3/p+1. The first kappa shape index (κ1) is 33.4. The minimum atomic E-state index is -8.08. The van der Waals surface area contributed by atoms with Crippen molar-refractivity contribution in [2.24, 2.45) is 0 Å². The van der Waals surface area contributed by atoms with Crippen molar-refractivity contribution in [3.63, 3.8) is 0 Å². The Bertz CT molecular complexity index is 873. The number of halogens is 13. The third-order valence-corrected chi connectivity index (χ3v) is 6.14. The highest BCUT2D eigenvalue weighted by Crippen LogP contribution is 2.60. The smallest absolute Gasteiger partial charge is 0.460 e. The quantitative estimate of drug-likeness (QED) is 0.200. The second-order valence-corrected chi connectivity index (χ2v) is 9.81. The van der Waals surface area contributed by atoms with E-state index in [2.05, 4.69) is 0 Å². The van der Waals surface area contributed by atoms with Gasteiger partial charge in [-0.25, -0.2) is 13.2 Å². The summed E-state index contributed by atoms with van der Waals surface area (Å²) < 4.78 is 195. The molecule has 1 unspecified atom stereocenters. The number of nitrogens with zero attached hydrogens (tertiary/aromatic N) is 1. The predicted octanol–water partition coefficient (Wildman–Crippen LogP) is 3.93. The van der Waals surface area contributed by atoms with Crippen LogP contribution in [-0.4, -0.2) is 92.3 Å². The zero-order valence-corrected chi connectivity index (χ0v) is 18.7. The van der Waals surface area contributed by atoms with Crippen LogP contribution in [0.3, 0.4) is 0 Å². The number of hydrogen-bond donors (Lipinski definition) is 2. The van der Waals surface area contributed by atoms with Crippen LogP contribution in [0.4, 0.5) is 57.1 Å². The molecule has 0 amide bonds. The maximum Gasteiger partial charge on any atom is 0.460 e. The van der Waals surface area contributed by atoms with Crippen LogP contribution in [0, 0.1) is 0 Å². The van der Waals surface area contributed by atoms with E-state index in [9.17, 15) is 70.3 Å². The molecular formula is C15H20F13N2O4S+. The molecule has 20 heteroatoms. The lowest BCUT2D eigenvalue weighted by Crippen LogP contribution is -2.70. The first-order valence-corrected chi connectivity index (χ1v) is 10.7. The lowest BCUT2D eigenvalue weighted by atomic mass is 9.93. The zero-order valence-electron chi connectivity index (χ0n) is 17.8. The van der Waals surface area contributed by atoms with Crippen molar-refractivity contribution < 1.29 is 79.9 Å². The Morgan fingerprint density at radius 3 is 1.57 bits per heavy atom. The summed E-state index contributed by atoms with van der Waals surface area (Å²) in [6.07, 6.45) is -12.1. The lowest BCUT2D eigenvalue weighted by molar-refractivity contribution is -0.910. The number of aliphatic carboxylic acids is 1. The SMILES string of the molecule is CCC(NS(=O)(=O)CCC(F)(F)C(F)(F)C(F)(F)C(F)(F)C(F)(F)C(F)(F)F)[N+](C)(C)CC(=O)O. The summed E-state index contributed by atoms with van der Waals surface area (Å²) in [5.74, 6) is -41.8. The molecule has 0 aliphatic carbocycles. The molecule has 0 aromatic heterocycles. The van der Waals surface area contributed by atoms with E-state index in [1.807, 2.05) is 0 Å². The van der Waals surface area contributed by atoms with Crippen LogP contribution in [0.25, 0.3) is 0 Å². The summed E-state index contributed by atoms with van der Waals surface area (Å²) in [7, 11) is -2.90. The topological polar surface area (TPSA) is 83.5 Å². The highest BCUT2D eigenvalue weighted by atomic mass is 32.2. The molecule has 0 heterocycles. The second kappa shape index (κ2) is 9.71. The molecule has 0 aliphatic rings. The number of likely N-dealkylation sites (N-methyl/N-ethyl adjacent to an activating group) is 1. The van der Waals surface area contributed by atoms with Gasteiger partial charge in [-0.15, -0.1) is 0 Å². The molecule has 0 bridgehead atoms. The Morgan fingerprint density at radius 2 is 1.23 bits per heavy atom. The Labute approximate surface area is 189 Å². The molecule has 0 saturated carbocycles. The summed E-state index contributed by atoms with van der Waals surface area (Å²) in [5.41, 5.74) is 0. The molecule has 2 N–H and O–H groups in total. The monoisotopic (exact) mass is 571 g/mol.